The predicted molar refractivity (Wildman–Crippen MR) is 127 cm³/mol. The van der Waals surface area contributed by atoms with E-state index in [0.717, 1.165) is 22.4 Å². The van der Waals surface area contributed by atoms with Gasteiger partial charge in [0.1, 0.15) is 7.11 Å². The van der Waals surface area contributed by atoms with Gasteiger partial charge in [-0.1, -0.05) is 78.0 Å². The van der Waals surface area contributed by atoms with Crippen LogP contribution in [-0.4, -0.2) is 42.6 Å². The van der Waals surface area contributed by atoms with Gasteiger partial charge in [-0.2, -0.15) is 0 Å². The van der Waals surface area contributed by atoms with E-state index in [1.165, 1.54) is 13.5 Å². The van der Waals surface area contributed by atoms with E-state index >= 15 is 0 Å². The molecule has 0 bridgehead atoms. The summed E-state index contributed by atoms with van der Waals surface area (Å²) in [7, 11) is 1.51. The first kappa shape index (κ1) is 20.9. The second-order valence-electron chi connectivity index (χ2n) is 8.02. The molecule has 7 nitrogen and oxygen atoms in total. The molecule has 7 heteroatoms. The quantitative estimate of drug-likeness (QED) is 0.609. The summed E-state index contributed by atoms with van der Waals surface area (Å²) in [6.07, 6.45) is 1.89. The summed E-state index contributed by atoms with van der Waals surface area (Å²) in [4.78, 5) is 30.5. The molecule has 2 unspecified atom stereocenters. The van der Waals surface area contributed by atoms with Crippen LogP contribution >= 0.6 is 0 Å². The molecule has 5 rings (SSSR count). The third kappa shape index (κ3) is 3.87. The molecular formula is C26H24N4O3. The third-order valence-corrected chi connectivity index (χ3v) is 6.10. The molecule has 0 radical (unpaired) electrons. The number of nitrogens with one attached hydrogen (secondary N) is 1. The van der Waals surface area contributed by atoms with Gasteiger partial charge in [-0.05, 0) is 28.8 Å². The highest BCUT2D eigenvalue weighted by Gasteiger charge is 2.51. The number of amides is 1. The number of nitrogens with zero attached hydrogens (tertiary/aromatic N) is 3. The Balaban J connectivity index is 1.49. The second kappa shape index (κ2) is 8.88. The zero-order valence-corrected chi connectivity index (χ0v) is 18.2. The van der Waals surface area contributed by atoms with Gasteiger partial charge in [0.05, 0.1) is 18.3 Å². The van der Waals surface area contributed by atoms with E-state index in [1.54, 1.807) is 4.90 Å². The Morgan fingerprint density at radius 1 is 1.03 bits per heavy atom. The van der Waals surface area contributed by atoms with Gasteiger partial charge in [0, 0.05) is 12.0 Å². The molecule has 2 atom stereocenters. The maximum absolute atomic E-state index is 13.7. The SMILES string of the molecule is CON=C1CC(C2(c3ccccc3)N=CON2)N(C(=O)c2ccc(-c3ccccc3)cc2)C1. The number of likely N-dealkylation sites (tertiary alicyclic amines) is 1. The fourth-order valence-electron chi connectivity index (χ4n) is 4.51. The minimum atomic E-state index is -0.939. The predicted octanol–water partition coefficient (Wildman–Crippen LogP) is 3.99. The number of benzene rings is 3. The van der Waals surface area contributed by atoms with Crippen LogP contribution in [0.5, 0.6) is 0 Å². The van der Waals surface area contributed by atoms with Crippen LogP contribution in [0, 0.1) is 0 Å². The van der Waals surface area contributed by atoms with Gasteiger partial charge >= 0.3 is 0 Å². The van der Waals surface area contributed by atoms with Gasteiger partial charge in [-0.3, -0.25) is 4.79 Å². The third-order valence-electron chi connectivity index (χ3n) is 6.10. The number of oxime groups is 1. The van der Waals surface area contributed by atoms with Crippen molar-refractivity contribution in [1.29, 1.82) is 0 Å². The van der Waals surface area contributed by atoms with Crippen molar-refractivity contribution in [3.63, 3.8) is 0 Å². The van der Waals surface area contributed by atoms with Gasteiger partial charge in [0.15, 0.2) is 12.1 Å². The van der Waals surface area contributed by atoms with E-state index in [1.807, 2.05) is 84.9 Å². The maximum atomic E-state index is 13.7. The molecule has 2 heterocycles. The lowest BCUT2D eigenvalue weighted by Gasteiger charge is -2.36. The lowest BCUT2D eigenvalue weighted by atomic mass is 9.90. The molecule has 3 aromatic carbocycles. The number of hydroxylamine groups is 1. The van der Waals surface area contributed by atoms with E-state index in [2.05, 4.69) is 15.6 Å². The summed E-state index contributed by atoms with van der Waals surface area (Å²) in [5.41, 5.74) is 6.55. The Bertz CT molecular complexity index is 1180. The van der Waals surface area contributed by atoms with Crippen LogP contribution < -0.4 is 5.48 Å². The molecule has 3 aromatic rings. The Hall–Kier alpha value is -3.97. The Morgan fingerprint density at radius 2 is 1.70 bits per heavy atom. The average molecular weight is 441 g/mol. The normalized spacial score (nSPS) is 23.0. The molecule has 2 aliphatic heterocycles. The zero-order valence-electron chi connectivity index (χ0n) is 18.2. The van der Waals surface area contributed by atoms with E-state index in [4.69, 9.17) is 9.68 Å². The smallest absolute Gasteiger partial charge is 0.254 e. The van der Waals surface area contributed by atoms with Crippen molar-refractivity contribution in [2.24, 2.45) is 10.1 Å². The summed E-state index contributed by atoms with van der Waals surface area (Å²) < 4.78 is 0. The number of hydrogen-bond acceptors (Lipinski definition) is 6. The van der Waals surface area contributed by atoms with Crippen molar-refractivity contribution in [2.45, 2.75) is 18.1 Å². The summed E-state index contributed by atoms with van der Waals surface area (Å²) in [6, 6.07) is 27.2. The van der Waals surface area contributed by atoms with Crippen molar-refractivity contribution >= 4 is 18.0 Å². The molecule has 1 fully saturated rings. The zero-order chi connectivity index (χ0) is 22.7. The molecule has 1 saturated heterocycles. The van der Waals surface area contributed by atoms with Gasteiger partial charge in [-0.25, -0.2) is 4.99 Å². The van der Waals surface area contributed by atoms with Crippen molar-refractivity contribution in [1.82, 2.24) is 10.4 Å². The first-order valence-corrected chi connectivity index (χ1v) is 10.8. The largest absolute Gasteiger partial charge is 0.399 e. The van der Waals surface area contributed by atoms with Gasteiger partial charge in [-0.15, -0.1) is 5.48 Å². The van der Waals surface area contributed by atoms with E-state index in [9.17, 15) is 4.79 Å². The number of carbonyl (C=O) groups excluding carboxylic acids is 1. The van der Waals surface area contributed by atoms with Crippen LogP contribution in [0.3, 0.4) is 0 Å². The monoisotopic (exact) mass is 440 g/mol. The lowest BCUT2D eigenvalue weighted by molar-refractivity contribution is 0.0405. The van der Waals surface area contributed by atoms with Crippen molar-refractivity contribution < 1.29 is 14.5 Å². The van der Waals surface area contributed by atoms with Crippen LogP contribution in [0.4, 0.5) is 0 Å². The molecule has 1 amide bonds. The van der Waals surface area contributed by atoms with Gasteiger partial charge in [0.2, 0.25) is 0 Å². The Labute approximate surface area is 192 Å². The van der Waals surface area contributed by atoms with Crippen LogP contribution in [0.15, 0.2) is 95.1 Å². The molecule has 0 saturated carbocycles. The van der Waals surface area contributed by atoms with Crippen LogP contribution in [0.25, 0.3) is 11.1 Å². The van der Waals surface area contributed by atoms with Gasteiger partial charge in [0.25, 0.3) is 5.91 Å². The first-order valence-electron chi connectivity index (χ1n) is 10.8. The molecule has 0 aromatic heterocycles. The van der Waals surface area contributed by atoms with E-state index in [0.29, 0.717) is 18.5 Å². The van der Waals surface area contributed by atoms with Crippen LogP contribution in [-0.2, 0) is 15.3 Å². The van der Waals surface area contributed by atoms with Crippen molar-refractivity contribution in [3.05, 3.63) is 96.1 Å². The topological polar surface area (TPSA) is 75.5 Å². The highest BCUT2D eigenvalue weighted by Crippen LogP contribution is 2.38. The highest BCUT2D eigenvalue weighted by atomic mass is 16.7. The molecule has 0 spiro atoms. The molecule has 33 heavy (non-hydrogen) atoms. The highest BCUT2D eigenvalue weighted by molar-refractivity contribution is 6.01. The fraction of sp³-hybridized carbons (Fsp3) is 0.192. The summed E-state index contributed by atoms with van der Waals surface area (Å²) in [5.74, 6) is -0.0971. The number of aliphatic imine (C=N–C) groups is 1. The molecule has 1 N–H and O–H groups in total. The lowest BCUT2D eigenvalue weighted by Crippen LogP contribution is -2.54. The van der Waals surface area contributed by atoms with Crippen molar-refractivity contribution in [3.8, 4) is 11.1 Å². The van der Waals surface area contributed by atoms with Crippen LogP contribution in [0.1, 0.15) is 22.3 Å². The van der Waals surface area contributed by atoms with Gasteiger partial charge < -0.3 is 14.6 Å². The summed E-state index contributed by atoms with van der Waals surface area (Å²) in [5, 5.41) is 4.15. The van der Waals surface area contributed by atoms with Crippen molar-refractivity contribution in [2.75, 3.05) is 13.7 Å². The minimum absolute atomic E-state index is 0.0971. The first-order chi connectivity index (χ1) is 16.2. The Kier molecular flexibility index (Phi) is 5.62. The fourth-order valence-corrected chi connectivity index (χ4v) is 4.51. The standard InChI is InChI=1S/C26H24N4O3/c1-32-28-23-16-24(26(27-18-33-29-26)22-10-6-3-7-11-22)30(17-23)25(31)21-14-12-20(13-15-21)19-8-4-2-5-9-19/h2-15,18,24,29H,16-17H2,1H3. The maximum Gasteiger partial charge on any atom is 0.254 e. The summed E-state index contributed by atoms with van der Waals surface area (Å²) >= 11 is 0. The molecule has 166 valence electrons. The minimum Gasteiger partial charge on any atom is -0.399 e. The number of rotatable bonds is 5. The number of carbonyl (C=O) groups is 1. The van der Waals surface area contributed by atoms with E-state index in [-0.39, 0.29) is 11.9 Å². The molecule has 2 aliphatic rings. The number of hydrogen-bond donors (Lipinski definition) is 1. The summed E-state index contributed by atoms with van der Waals surface area (Å²) in [6.45, 7) is 0.351. The Morgan fingerprint density at radius 3 is 2.33 bits per heavy atom. The van der Waals surface area contributed by atoms with Crippen LogP contribution in [0.2, 0.25) is 0 Å². The van der Waals surface area contributed by atoms with E-state index < -0.39 is 5.66 Å². The second-order valence-corrected chi connectivity index (χ2v) is 8.02. The average Bonchev–Trinajstić information content (AvgIpc) is 3.54. The molecule has 0 aliphatic carbocycles. The molecular weight excluding hydrogens is 416 g/mol.